The van der Waals surface area contributed by atoms with Crippen LogP contribution in [0.2, 0.25) is 0 Å². The van der Waals surface area contributed by atoms with E-state index in [-0.39, 0.29) is 0 Å². The van der Waals surface area contributed by atoms with E-state index in [4.69, 9.17) is 0 Å². The Kier molecular flexibility index (Phi) is 2.21. The van der Waals surface area contributed by atoms with Crippen LogP contribution in [0.4, 0.5) is 0 Å². The predicted octanol–water partition coefficient (Wildman–Crippen LogP) is 1.96. The minimum Gasteiger partial charge on any atom is -0.303 e. The molecule has 2 fully saturated rings. The van der Waals surface area contributed by atoms with Crippen molar-refractivity contribution in [1.29, 1.82) is 0 Å². The zero-order valence-corrected chi connectivity index (χ0v) is 7.48. The maximum Gasteiger partial charge on any atom is 0.123 e. The van der Waals surface area contributed by atoms with E-state index in [0.29, 0.717) is 5.92 Å². The third-order valence-corrected chi connectivity index (χ3v) is 3.99. The van der Waals surface area contributed by atoms with E-state index in [1.165, 1.54) is 30.8 Å². The number of aldehydes is 1. The number of carbonyl (C=O) groups excluding carboxylic acids is 1. The molecule has 1 nitrogen and oxygen atoms in total. The summed E-state index contributed by atoms with van der Waals surface area (Å²) in [5.74, 6) is 4.78. The molecule has 0 aromatic rings. The summed E-state index contributed by atoms with van der Waals surface area (Å²) in [5.41, 5.74) is 0. The first-order chi connectivity index (χ1) is 5.42. The molecule has 1 saturated heterocycles. The number of hydrogen-bond donors (Lipinski definition) is 0. The van der Waals surface area contributed by atoms with Crippen LogP contribution in [0, 0.1) is 17.8 Å². The highest BCUT2D eigenvalue weighted by atomic mass is 32.2. The highest BCUT2D eigenvalue weighted by molar-refractivity contribution is 7.99. The van der Waals surface area contributed by atoms with Gasteiger partial charge >= 0.3 is 0 Å². The average Bonchev–Trinajstić information content (AvgIpc) is 2.85. The molecule has 62 valence electrons. The van der Waals surface area contributed by atoms with Gasteiger partial charge in [-0.2, -0.15) is 11.8 Å². The van der Waals surface area contributed by atoms with Crippen LogP contribution < -0.4 is 0 Å². The van der Waals surface area contributed by atoms with E-state index in [1.807, 2.05) is 0 Å². The van der Waals surface area contributed by atoms with Crippen LogP contribution in [0.15, 0.2) is 0 Å². The monoisotopic (exact) mass is 170 g/mol. The van der Waals surface area contributed by atoms with Gasteiger partial charge in [0.25, 0.3) is 0 Å². The highest BCUT2D eigenvalue weighted by Crippen LogP contribution is 2.47. The topological polar surface area (TPSA) is 17.1 Å². The Morgan fingerprint density at radius 1 is 1.27 bits per heavy atom. The van der Waals surface area contributed by atoms with Crippen molar-refractivity contribution in [2.45, 2.75) is 19.3 Å². The van der Waals surface area contributed by atoms with E-state index < -0.39 is 0 Å². The molecule has 2 heteroatoms. The van der Waals surface area contributed by atoms with Gasteiger partial charge in [-0.25, -0.2) is 0 Å². The third kappa shape index (κ3) is 1.61. The quantitative estimate of drug-likeness (QED) is 0.589. The first kappa shape index (κ1) is 7.66. The Bertz CT molecular complexity index is 152. The van der Waals surface area contributed by atoms with Crippen molar-refractivity contribution < 1.29 is 4.79 Å². The van der Waals surface area contributed by atoms with Crippen molar-refractivity contribution in [3.05, 3.63) is 0 Å². The maximum absolute atomic E-state index is 10.4. The second kappa shape index (κ2) is 3.18. The molecule has 2 atom stereocenters. The first-order valence-corrected chi connectivity index (χ1v) is 5.60. The molecule has 0 bridgehead atoms. The summed E-state index contributed by atoms with van der Waals surface area (Å²) in [6.07, 6.45) is 5.07. The molecule has 2 rings (SSSR count). The molecule has 1 saturated carbocycles. The lowest BCUT2D eigenvalue weighted by atomic mass is 9.96. The Morgan fingerprint density at radius 2 is 2.00 bits per heavy atom. The molecular weight excluding hydrogens is 156 g/mol. The molecule has 1 aliphatic carbocycles. The van der Waals surface area contributed by atoms with E-state index in [9.17, 15) is 4.79 Å². The van der Waals surface area contributed by atoms with Crippen LogP contribution in [0.3, 0.4) is 0 Å². The summed E-state index contributed by atoms with van der Waals surface area (Å²) in [6.45, 7) is 0. The summed E-state index contributed by atoms with van der Waals surface area (Å²) in [7, 11) is 0. The van der Waals surface area contributed by atoms with Gasteiger partial charge in [0.1, 0.15) is 6.29 Å². The van der Waals surface area contributed by atoms with Crippen molar-refractivity contribution >= 4 is 18.0 Å². The van der Waals surface area contributed by atoms with Crippen molar-refractivity contribution in [2.75, 3.05) is 11.5 Å². The van der Waals surface area contributed by atoms with Gasteiger partial charge in [0.2, 0.25) is 0 Å². The largest absolute Gasteiger partial charge is 0.303 e. The fraction of sp³-hybridized carbons (Fsp3) is 0.889. The number of carbonyl (C=O) groups is 1. The van der Waals surface area contributed by atoms with Crippen molar-refractivity contribution in [3.63, 3.8) is 0 Å². The van der Waals surface area contributed by atoms with Crippen LogP contribution in [0.25, 0.3) is 0 Å². The molecule has 0 aromatic carbocycles. The van der Waals surface area contributed by atoms with Gasteiger partial charge in [-0.1, -0.05) is 0 Å². The Morgan fingerprint density at radius 3 is 2.55 bits per heavy atom. The van der Waals surface area contributed by atoms with Gasteiger partial charge in [-0.15, -0.1) is 0 Å². The number of thioether (sulfide) groups is 1. The first-order valence-electron chi connectivity index (χ1n) is 4.45. The molecular formula is C9H14OS. The zero-order valence-electron chi connectivity index (χ0n) is 6.66. The molecule has 0 N–H and O–H groups in total. The molecule has 1 aliphatic heterocycles. The minimum atomic E-state index is 0.447. The van der Waals surface area contributed by atoms with Gasteiger partial charge in [0.05, 0.1) is 0 Å². The summed E-state index contributed by atoms with van der Waals surface area (Å²) in [6, 6.07) is 0. The van der Waals surface area contributed by atoms with Crippen LogP contribution in [-0.2, 0) is 4.79 Å². The molecule has 0 radical (unpaired) electrons. The lowest BCUT2D eigenvalue weighted by Gasteiger charge is -2.20. The molecule has 11 heavy (non-hydrogen) atoms. The molecule has 0 spiro atoms. The van der Waals surface area contributed by atoms with E-state index in [0.717, 1.165) is 18.1 Å². The van der Waals surface area contributed by atoms with Crippen LogP contribution in [0.1, 0.15) is 19.3 Å². The van der Waals surface area contributed by atoms with Crippen molar-refractivity contribution in [1.82, 2.24) is 0 Å². The van der Waals surface area contributed by atoms with Crippen molar-refractivity contribution in [2.24, 2.45) is 17.8 Å². The van der Waals surface area contributed by atoms with Crippen LogP contribution in [-0.4, -0.2) is 17.8 Å². The summed E-state index contributed by atoms with van der Waals surface area (Å²) in [4.78, 5) is 10.4. The predicted molar refractivity (Wildman–Crippen MR) is 47.7 cm³/mol. The average molecular weight is 170 g/mol. The summed E-state index contributed by atoms with van der Waals surface area (Å²) < 4.78 is 0. The molecule has 2 aliphatic rings. The van der Waals surface area contributed by atoms with E-state index >= 15 is 0 Å². The fourth-order valence-corrected chi connectivity index (χ4v) is 3.22. The second-order valence-electron chi connectivity index (χ2n) is 3.65. The maximum atomic E-state index is 10.4. The van der Waals surface area contributed by atoms with Gasteiger partial charge in [0, 0.05) is 5.92 Å². The van der Waals surface area contributed by atoms with Gasteiger partial charge in [0.15, 0.2) is 0 Å². The SMILES string of the molecule is O=C[C@@H]1C[C@H]1C1CCSCC1. The lowest BCUT2D eigenvalue weighted by Crippen LogP contribution is -2.12. The van der Waals surface area contributed by atoms with Gasteiger partial charge in [-0.05, 0) is 42.6 Å². The normalized spacial score (nSPS) is 38.5. The van der Waals surface area contributed by atoms with E-state index in [2.05, 4.69) is 11.8 Å². The molecule has 0 aromatic heterocycles. The fourth-order valence-electron chi connectivity index (χ4n) is 2.08. The van der Waals surface area contributed by atoms with E-state index in [1.54, 1.807) is 0 Å². The Balaban J connectivity index is 1.81. The summed E-state index contributed by atoms with van der Waals surface area (Å²) in [5, 5.41) is 0. The third-order valence-electron chi connectivity index (χ3n) is 2.94. The standard InChI is InChI=1S/C9H14OS/c10-6-8-5-9(8)7-1-3-11-4-2-7/h6-9H,1-5H2/t8-,9-/m0/s1. The smallest absolute Gasteiger partial charge is 0.123 e. The molecule has 1 heterocycles. The van der Waals surface area contributed by atoms with Crippen LogP contribution in [0.5, 0.6) is 0 Å². The highest BCUT2D eigenvalue weighted by Gasteiger charge is 2.42. The van der Waals surface area contributed by atoms with Gasteiger partial charge < -0.3 is 4.79 Å². The summed E-state index contributed by atoms with van der Waals surface area (Å²) >= 11 is 2.06. The lowest BCUT2D eigenvalue weighted by molar-refractivity contribution is -0.109. The minimum absolute atomic E-state index is 0.447. The zero-order chi connectivity index (χ0) is 7.68. The van der Waals surface area contributed by atoms with Crippen LogP contribution >= 0.6 is 11.8 Å². The Hall–Kier alpha value is 0.0200. The Labute approximate surface area is 71.9 Å². The van der Waals surface area contributed by atoms with Gasteiger partial charge in [-0.3, -0.25) is 0 Å². The molecule has 0 unspecified atom stereocenters. The number of hydrogen-bond acceptors (Lipinski definition) is 2. The molecule has 0 amide bonds. The van der Waals surface area contributed by atoms with Crippen molar-refractivity contribution in [3.8, 4) is 0 Å². The number of rotatable bonds is 2. The second-order valence-corrected chi connectivity index (χ2v) is 4.87.